The average Bonchev–Trinajstić information content (AvgIpc) is 2.18. The third-order valence-corrected chi connectivity index (χ3v) is 2.86. The van der Waals surface area contributed by atoms with Gasteiger partial charge in [0, 0.05) is 10.1 Å². The van der Waals surface area contributed by atoms with Crippen LogP contribution in [0.5, 0.6) is 0 Å². The normalized spacial score (nSPS) is 9.47. The van der Waals surface area contributed by atoms with Crippen LogP contribution >= 0.6 is 34.8 Å². The maximum absolute atomic E-state index is 5.15. The zero-order valence-electron chi connectivity index (χ0n) is 8.51. The van der Waals surface area contributed by atoms with Gasteiger partial charge in [-0.2, -0.15) is 0 Å². The van der Waals surface area contributed by atoms with Gasteiger partial charge in [0.15, 0.2) is 5.11 Å². The number of halogens is 1. The molecule has 15 heavy (non-hydrogen) atoms. The molecule has 0 atom stereocenters. The molecule has 1 aromatic carbocycles. The van der Waals surface area contributed by atoms with E-state index in [-0.39, 0.29) is 0 Å². The van der Waals surface area contributed by atoms with E-state index in [1.54, 1.807) is 0 Å². The molecule has 4 heteroatoms. The minimum absolute atomic E-state index is 0.627. The van der Waals surface area contributed by atoms with Crippen molar-refractivity contribution in [3.8, 4) is 0 Å². The van der Waals surface area contributed by atoms with E-state index < -0.39 is 0 Å². The number of anilines is 1. The van der Waals surface area contributed by atoms with Gasteiger partial charge in [0.1, 0.15) is 0 Å². The van der Waals surface area contributed by atoms with Gasteiger partial charge in [-0.25, -0.2) is 0 Å². The van der Waals surface area contributed by atoms with E-state index in [4.69, 9.17) is 12.2 Å². The van der Waals surface area contributed by atoms with E-state index >= 15 is 0 Å². The molecule has 0 aromatic heterocycles. The smallest absolute Gasteiger partial charge is 0.171 e. The zero-order chi connectivity index (χ0) is 11.3. The molecule has 2 N–H and O–H groups in total. The van der Waals surface area contributed by atoms with Gasteiger partial charge < -0.3 is 10.6 Å². The highest BCUT2D eigenvalue weighted by atomic mass is 127. The number of benzene rings is 1. The van der Waals surface area contributed by atoms with Crippen LogP contribution in [0.25, 0.3) is 0 Å². The van der Waals surface area contributed by atoms with Gasteiger partial charge in [0.25, 0.3) is 0 Å². The minimum Gasteiger partial charge on any atom is -0.359 e. The fourth-order valence-electron chi connectivity index (χ4n) is 0.960. The lowest BCUT2D eigenvalue weighted by Crippen LogP contribution is -2.29. The minimum atomic E-state index is 0.627. The van der Waals surface area contributed by atoms with E-state index in [1.165, 1.54) is 0 Å². The van der Waals surface area contributed by atoms with Crippen LogP contribution in [0.15, 0.2) is 36.4 Å². The van der Waals surface area contributed by atoms with Crippen molar-refractivity contribution in [2.45, 2.75) is 6.92 Å². The van der Waals surface area contributed by atoms with E-state index in [0.717, 1.165) is 14.8 Å². The van der Waals surface area contributed by atoms with Crippen molar-refractivity contribution in [1.29, 1.82) is 0 Å². The summed E-state index contributed by atoms with van der Waals surface area (Å²) in [6, 6.07) is 8.00. The second kappa shape index (κ2) is 6.07. The Labute approximate surface area is 109 Å². The van der Waals surface area contributed by atoms with Crippen LogP contribution in [0.1, 0.15) is 6.92 Å². The van der Waals surface area contributed by atoms with Gasteiger partial charge in [0.05, 0.1) is 5.69 Å². The number of hydrogen-bond donors (Lipinski definition) is 2. The van der Waals surface area contributed by atoms with Crippen LogP contribution in [0.3, 0.4) is 0 Å². The first-order valence-corrected chi connectivity index (χ1v) is 6.02. The van der Waals surface area contributed by atoms with Crippen LogP contribution < -0.4 is 10.6 Å². The first-order chi connectivity index (χ1) is 7.09. The molecule has 0 unspecified atom stereocenters. The predicted octanol–water partition coefficient (Wildman–Crippen LogP) is 3.15. The monoisotopic (exact) mass is 332 g/mol. The quantitative estimate of drug-likeness (QED) is 0.505. The third-order valence-electron chi connectivity index (χ3n) is 1.67. The van der Waals surface area contributed by atoms with E-state index in [2.05, 4.69) is 39.8 Å². The molecule has 0 heterocycles. The van der Waals surface area contributed by atoms with Crippen LogP contribution in [0.2, 0.25) is 0 Å². The number of thiocarbonyl (C=S) groups is 1. The van der Waals surface area contributed by atoms with Gasteiger partial charge in [-0.1, -0.05) is 24.3 Å². The lowest BCUT2D eigenvalue weighted by molar-refractivity contribution is 1.000. The molecule has 0 fully saturated rings. The summed E-state index contributed by atoms with van der Waals surface area (Å²) in [4.78, 5) is 0. The maximum Gasteiger partial charge on any atom is 0.171 e. The number of para-hydroxylation sites is 1. The van der Waals surface area contributed by atoms with Crippen LogP contribution in [-0.4, -0.2) is 11.7 Å². The Morgan fingerprint density at radius 3 is 2.73 bits per heavy atom. The molecule has 0 aliphatic heterocycles. The molecule has 0 aliphatic rings. The summed E-state index contributed by atoms with van der Waals surface area (Å²) >= 11 is 7.42. The standard InChI is InChI=1S/C11H13IN2S/c1-8(2)7-13-11(15)14-10-6-4-3-5-9(10)12/h3-6H,1,7H2,2H3,(H2,13,14,15). The molecule has 1 aromatic rings. The van der Waals surface area contributed by atoms with E-state index in [0.29, 0.717) is 11.7 Å². The SMILES string of the molecule is C=C(C)CNC(=S)Nc1ccccc1I. The number of hydrogen-bond acceptors (Lipinski definition) is 1. The zero-order valence-corrected chi connectivity index (χ0v) is 11.5. The molecular formula is C11H13IN2S. The van der Waals surface area contributed by atoms with Crippen molar-refractivity contribution in [2.24, 2.45) is 0 Å². The molecule has 0 saturated carbocycles. The molecule has 0 saturated heterocycles. The summed E-state index contributed by atoms with van der Waals surface area (Å²) in [5.74, 6) is 0. The highest BCUT2D eigenvalue weighted by Crippen LogP contribution is 2.16. The van der Waals surface area contributed by atoms with Crippen molar-refractivity contribution >= 4 is 45.6 Å². The maximum atomic E-state index is 5.15. The summed E-state index contributed by atoms with van der Waals surface area (Å²) in [5.41, 5.74) is 2.08. The van der Waals surface area contributed by atoms with Crippen LogP contribution in [-0.2, 0) is 0 Å². The lowest BCUT2D eigenvalue weighted by atomic mass is 10.3. The van der Waals surface area contributed by atoms with Gasteiger partial charge in [0.2, 0.25) is 0 Å². The highest BCUT2D eigenvalue weighted by molar-refractivity contribution is 14.1. The first-order valence-electron chi connectivity index (χ1n) is 4.53. The molecule has 0 radical (unpaired) electrons. The summed E-state index contributed by atoms with van der Waals surface area (Å²) in [7, 11) is 0. The number of nitrogens with one attached hydrogen (secondary N) is 2. The molecule has 0 bridgehead atoms. The summed E-state index contributed by atoms with van der Waals surface area (Å²) in [5, 5.41) is 6.84. The van der Waals surface area contributed by atoms with Gasteiger partial charge in [-0.15, -0.1) is 0 Å². The predicted molar refractivity (Wildman–Crippen MR) is 78.2 cm³/mol. The molecular weight excluding hydrogens is 319 g/mol. The Morgan fingerprint density at radius 1 is 1.47 bits per heavy atom. The van der Waals surface area contributed by atoms with Crippen molar-refractivity contribution in [3.63, 3.8) is 0 Å². The average molecular weight is 332 g/mol. The molecule has 1 rings (SSSR count). The number of rotatable bonds is 3. The second-order valence-electron chi connectivity index (χ2n) is 3.24. The van der Waals surface area contributed by atoms with Crippen LogP contribution in [0.4, 0.5) is 5.69 Å². The Bertz CT molecular complexity index is 377. The highest BCUT2D eigenvalue weighted by Gasteiger charge is 2.00. The summed E-state index contributed by atoms with van der Waals surface area (Å²) in [6.07, 6.45) is 0. The topological polar surface area (TPSA) is 24.1 Å². The van der Waals surface area contributed by atoms with E-state index in [1.807, 2.05) is 31.2 Å². The fraction of sp³-hybridized carbons (Fsp3) is 0.182. The van der Waals surface area contributed by atoms with Gasteiger partial charge in [-0.3, -0.25) is 0 Å². The fourth-order valence-corrected chi connectivity index (χ4v) is 1.66. The van der Waals surface area contributed by atoms with Crippen molar-refractivity contribution in [2.75, 3.05) is 11.9 Å². The molecule has 0 aliphatic carbocycles. The first kappa shape index (κ1) is 12.4. The Balaban J connectivity index is 2.52. The van der Waals surface area contributed by atoms with Gasteiger partial charge in [-0.05, 0) is 53.9 Å². The lowest BCUT2D eigenvalue weighted by Gasteiger charge is -2.11. The molecule has 80 valence electrons. The summed E-state index contributed by atoms with van der Waals surface area (Å²) < 4.78 is 1.15. The van der Waals surface area contributed by atoms with Crippen molar-refractivity contribution in [3.05, 3.63) is 40.0 Å². The Morgan fingerprint density at radius 2 is 2.13 bits per heavy atom. The third kappa shape index (κ3) is 4.61. The van der Waals surface area contributed by atoms with Crippen molar-refractivity contribution in [1.82, 2.24) is 5.32 Å². The largest absolute Gasteiger partial charge is 0.359 e. The molecule has 2 nitrogen and oxygen atoms in total. The van der Waals surface area contributed by atoms with Gasteiger partial charge >= 0.3 is 0 Å². The van der Waals surface area contributed by atoms with Crippen LogP contribution in [0, 0.1) is 3.57 Å². The Hall–Kier alpha value is -0.620. The molecule has 0 amide bonds. The van der Waals surface area contributed by atoms with Crippen molar-refractivity contribution < 1.29 is 0 Å². The van der Waals surface area contributed by atoms with E-state index in [9.17, 15) is 0 Å². The molecule has 0 spiro atoms. The Kier molecular flexibility index (Phi) is 5.04. The second-order valence-corrected chi connectivity index (χ2v) is 4.82. The summed E-state index contributed by atoms with van der Waals surface area (Å²) in [6.45, 7) is 6.46.